The Morgan fingerprint density at radius 2 is 2.23 bits per heavy atom. The van der Waals surface area contributed by atoms with Crippen molar-refractivity contribution in [2.75, 3.05) is 32.8 Å². The van der Waals surface area contributed by atoms with Gasteiger partial charge in [0.05, 0.1) is 12.9 Å². The maximum Gasteiger partial charge on any atom is 0.433 e. The third-order valence-electron chi connectivity index (χ3n) is 3.73. The van der Waals surface area contributed by atoms with E-state index < -0.39 is 11.9 Å². The van der Waals surface area contributed by atoms with Crippen molar-refractivity contribution in [2.45, 2.75) is 12.3 Å². The van der Waals surface area contributed by atoms with E-state index in [1.165, 1.54) is 0 Å². The average molecular weight is 369 g/mol. The van der Waals surface area contributed by atoms with Gasteiger partial charge in [-0.3, -0.25) is 4.90 Å². The van der Waals surface area contributed by atoms with Gasteiger partial charge in [0.2, 0.25) is 0 Å². The minimum Gasteiger partial charge on any atom is -0.465 e. The molecule has 1 aliphatic heterocycles. The van der Waals surface area contributed by atoms with Crippen LogP contribution in [0.25, 0.3) is 6.08 Å². The molecule has 3 heterocycles. The van der Waals surface area contributed by atoms with Crippen LogP contribution in [-0.2, 0) is 10.9 Å². The molecule has 0 aliphatic carbocycles. The van der Waals surface area contributed by atoms with Gasteiger partial charge in [0, 0.05) is 25.8 Å². The van der Waals surface area contributed by atoms with Gasteiger partial charge in [0.15, 0.2) is 5.69 Å². The molecule has 1 atom stereocenters. The molecule has 1 unspecified atom stereocenters. The van der Waals surface area contributed by atoms with Gasteiger partial charge in [-0.2, -0.15) is 18.2 Å². The zero-order chi connectivity index (χ0) is 18.4. The predicted octanol–water partition coefficient (Wildman–Crippen LogP) is 2.88. The Labute approximate surface area is 148 Å². The van der Waals surface area contributed by atoms with E-state index in [9.17, 15) is 13.2 Å². The lowest BCUT2D eigenvalue weighted by Crippen LogP contribution is -2.45. The summed E-state index contributed by atoms with van der Waals surface area (Å²) in [5.74, 6) is 0.778. The van der Waals surface area contributed by atoms with Gasteiger partial charge in [-0.25, -0.2) is 4.98 Å². The molecule has 0 aromatic carbocycles. The lowest BCUT2D eigenvalue weighted by atomic mass is 10.2. The zero-order valence-corrected chi connectivity index (χ0v) is 13.9. The Morgan fingerprint density at radius 1 is 1.35 bits per heavy atom. The summed E-state index contributed by atoms with van der Waals surface area (Å²) in [4.78, 5) is 9.24. The largest absolute Gasteiger partial charge is 0.465 e. The average Bonchev–Trinajstić information content (AvgIpc) is 3.13. The minimum absolute atomic E-state index is 0.0830. The van der Waals surface area contributed by atoms with Crippen molar-refractivity contribution in [3.8, 4) is 6.01 Å². The van der Waals surface area contributed by atoms with Crippen molar-refractivity contribution in [2.24, 2.45) is 0 Å². The Kier molecular flexibility index (Phi) is 5.89. The van der Waals surface area contributed by atoms with Crippen molar-refractivity contribution in [1.82, 2.24) is 14.9 Å². The van der Waals surface area contributed by atoms with Crippen LogP contribution in [0.4, 0.5) is 13.2 Å². The monoisotopic (exact) mass is 369 g/mol. The second-order valence-corrected chi connectivity index (χ2v) is 5.70. The van der Waals surface area contributed by atoms with Gasteiger partial charge in [-0.05, 0) is 24.3 Å². The van der Waals surface area contributed by atoms with Gasteiger partial charge in [-0.15, -0.1) is 0 Å². The topological polar surface area (TPSA) is 60.6 Å². The molecule has 0 saturated carbocycles. The molecule has 1 saturated heterocycles. The zero-order valence-electron chi connectivity index (χ0n) is 13.9. The first-order valence-electron chi connectivity index (χ1n) is 8.08. The summed E-state index contributed by atoms with van der Waals surface area (Å²) in [6.07, 6.45) is 1.71. The third kappa shape index (κ3) is 5.30. The molecule has 0 spiro atoms. The normalized spacial score (nSPS) is 19.1. The Morgan fingerprint density at radius 3 is 3.00 bits per heavy atom. The highest BCUT2D eigenvalue weighted by molar-refractivity contribution is 5.42. The van der Waals surface area contributed by atoms with Gasteiger partial charge < -0.3 is 13.9 Å². The summed E-state index contributed by atoms with van der Waals surface area (Å²) in [6.45, 7) is 2.67. The van der Waals surface area contributed by atoms with Crippen LogP contribution in [0.5, 0.6) is 6.01 Å². The summed E-state index contributed by atoms with van der Waals surface area (Å²) >= 11 is 0. The molecular formula is C17H18F3N3O3. The first kappa shape index (κ1) is 18.4. The van der Waals surface area contributed by atoms with Crippen LogP contribution in [-0.4, -0.2) is 53.8 Å². The van der Waals surface area contributed by atoms with Gasteiger partial charge in [0.25, 0.3) is 0 Å². The smallest absolute Gasteiger partial charge is 0.433 e. The number of nitrogens with zero attached hydrogens (tertiary/aromatic N) is 3. The Bertz CT molecular complexity index is 720. The van der Waals surface area contributed by atoms with Gasteiger partial charge in [-0.1, -0.05) is 6.08 Å². The molecule has 26 heavy (non-hydrogen) atoms. The third-order valence-corrected chi connectivity index (χ3v) is 3.73. The maximum absolute atomic E-state index is 12.6. The fourth-order valence-corrected chi connectivity index (χ4v) is 2.49. The molecular weight excluding hydrogens is 351 g/mol. The van der Waals surface area contributed by atoms with E-state index >= 15 is 0 Å². The van der Waals surface area contributed by atoms with E-state index in [0.717, 1.165) is 24.6 Å². The molecule has 0 bridgehead atoms. The standard InChI is InChI=1S/C17H18F3N3O3/c18-17(19,20)15-5-6-21-16(22-15)26-12-14-11-23(8-10-25-14)7-1-3-13-4-2-9-24-13/h1-6,9,14H,7-8,10-12H2/b3-1-. The highest BCUT2D eigenvalue weighted by Gasteiger charge is 2.33. The number of alkyl halides is 3. The minimum atomic E-state index is -4.53. The fraction of sp³-hybridized carbons (Fsp3) is 0.412. The number of ether oxygens (including phenoxy) is 2. The van der Waals surface area contributed by atoms with E-state index in [-0.39, 0.29) is 18.7 Å². The number of aromatic nitrogens is 2. The van der Waals surface area contributed by atoms with Crippen LogP contribution >= 0.6 is 0 Å². The first-order valence-corrected chi connectivity index (χ1v) is 8.08. The van der Waals surface area contributed by atoms with Crippen LogP contribution in [0.2, 0.25) is 0 Å². The summed E-state index contributed by atoms with van der Waals surface area (Å²) in [7, 11) is 0. The summed E-state index contributed by atoms with van der Waals surface area (Å²) in [5, 5.41) is 0. The summed E-state index contributed by atoms with van der Waals surface area (Å²) in [6, 6.07) is 4.18. The molecule has 9 heteroatoms. The van der Waals surface area contributed by atoms with E-state index in [1.807, 2.05) is 24.3 Å². The molecule has 1 fully saturated rings. The number of rotatable bonds is 6. The number of hydrogen-bond acceptors (Lipinski definition) is 6. The lowest BCUT2D eigenvalue weighted by molar-refractivity contribution is -0.141. The second-order valence-electron chi connectivity index (χ2n) is 5.70. The number of hydrogen-bond donors (Lipinski definition) is 0. The van der Waals surface area contributed by atoms with Gasteiger partial charge in [0.1, 0.15) is 18.5 Å². The molecule has 140 valence electrons. The van der Waals surface area contributed by atoms with E-state index in [4.69, 9.17) is 13.9 Å². The SMILES string of the molecule is FC(F)(F)c1ccnc(OCC2CN(C/C=C\c3ccco3)CCO2)n1. The highest BCUT2D eigenvalue weighted by atomic mass is 19.4. The Balaban J connectivity index is 1.48. The van der Waals surface area contributed by atoms with Crippen molar-refractivity contribution in [1.29, 1.82) is 0 Å². The molecule has 1 aliphatic rings. The van der Waals surface area contributed by atoms with Gasteiger partial charge >= 0.3 is 12.2 Å². The first-order chi connectivity index (χ1) is 12.5. The lowest BCUT2D eigenvalue weighted by Gasteiger charge is -2.31. The van der Waals surface area contributed by atoms with E-state index in [0.29, 0.717) is 19.7 Å². The summed E-state index contributed by atoms with van der Waals surface area (Å²) in [5.41, 5.74) is -1.03. The van der Waals surface area contributed by atoms with E-state index in [2.05, 4.69) is 14.9 Å². The van der Waals surface area contributed by atoms with Crippen molar-refractivity contribution < 1.29 is 27.1 Å². The summed E-state index contributed by atoms with van der Waals surface area (Å²) < 4.78 is 54.0. The fourth-order valence-electron chi connectivity index (χ4n) is 2.49. The molecule has 0 N–H and O–H groups in total. The molecule has 2 aromatic rings. The van der Waals surface area contributed by atoms with Crippen LogP contribution < -0.4 is 4.74 Å². The molecule has 0 radical (unpaired) electrons. The number of morpholine rings is 1. The molecule has 6 nitrogen and oxygen atoms in total. The van der Waals surface area contributed by atoms with Crippen LogP contribution in [0.3, 0.4) is 0 Å². The second kappa shape index (κ2) is 8.33. The molecule has 2 aromatic heterocycles. The quantitative estimate of drug-likeness (QED) is 0.780. The highest BCUT2D eigenvalue weighted by Crippen LogP contribution is 2.27. The van der Waals surface area contributed by atoms with Crippen LogP contribution in [0.1, 0.15) is 11.5 Å². The van der Waals surface area contributed by atoms with Crippen molar-refractivity contribution in [3.05, 3.63) is 48.2 Å². The number of furan rings is 1. The van der Waals surface area contributed by atoms with Crippen molar-refractivity contribution >= 4 is 6.08 Å². The van der Waals surface area contributed by atoms with Crippen LogP contribution in [0, 0.1) is 0 Å². The Hall–Kier alpha value is -2.39. The maximum atomic E-state index is 12.6. The molecule has 0 amide bonds. The van der Waals surface area contributed by atoms with Crippen molar-refractivity contribution in [3.63, 3.8) is 0 Å². The van der Waals surface area contributed by atoms with E-state index in [1.54, 1.807) is 6.26 Å². The van der Waals surface area contributed by atoms with Crippen LogP contribution in [0.15, 0.2) is 41.2 Å². The number of halogens is 3. The molecule has 3 rings (SSSR count). The predicted molar refractivity (Wildman–Crippen MR) is 86.5 cm³/mol.